The first-order valence-corrected chi connectivity index (χ1v) is 8.97. The van der Waals surface area contributed by atoms with Crippen LogP contribution in [0, 0.1) is 10.1 Å². The van der Waals surface area contributed by atoms with E-state index in [1.54, 1.807) is 12.1 Å². The summed E-state index contributed by atoms with van der Waals surface area (Å²) < 4.78 is 5.90. The van der Waals surface area contributed by atoms with Gasteiger partial charge in [-0.2, -0.15) is 0 Å². The fourth-order valence-electron chi connectivity index (χ4n) is 3.73. The van der Waals surface area contributed by atoms with Crippen LogP contribution in [0.5, 0.6) is 5.75 Å². The molecule has 1 aromatic carbocycles. The number of hydrogen-bond acceptors (Lipinski definition) is 5. The molecule has 1 saturated heterocycles. The fraction of sp³-hybridized carbons (Fsp3) is 0.611. The van der Waals surface area contributed by atoms with Crippen LogP contribution >= 0.6 is 0 Å². The van der Waals surface area contributed by atoms with Crippen LogP contribution in [0.1, 0.15) is 44.9 Å². The topological polar surface area (TPSA) is 98.7 Å². The van der Waals surface area contributed by atoms with Crippen molar-refractivity contribution < 1.29 is 14.5 Å². The third-order valence-corrected chi connectivity index (χ3v) is 5.25. The molecule has 7 heteroatoms. The first-order chi connectivity index (χ1) is 12.0. The van der Waals surface area contributed by atoms with Crippen molar-refractivity contribution >= 4 is 11.6 Å². The summed E-state index contributed by atoms with van der Waals surface area (Å²) >= 11 is 0. The molecule has 1 saturated carbocycles. The van der Waals surface area contributed by atoms with Crippen molar-refractivity contribution in [1.29, 1.82) is 0 Å². The molecular weight excluding hydrogens is 322 g/mol. The van der Waals surface area contributed by atoms with E-state index in [-0.39, 0.29) is 17.7 Å². The van der Waals surface area contributed by atoms with Gasteiger partial charge in [0.15, 0.2) is 0 Å². The quantitative estimate of drug-likeness (QED) is 0.667. The van der Waals surface area contributed by atoms with E-state index in [4.69, 9.17) is 10.5 Å². The fourth-order valence-corrected chi connectivity index (χ4v) is 3.73. The van der Waals surface area contributed by atoms with Gasteiger partial charge in [0.2, 0.25) is 5.91 Å². The Kier molecular flexibility index (Phi) is 5.22. The van der Waals surface area contributed by atoms with Crippen LogP contribution in [0.25, 0.3) is 0 Å². The molecule has 0 radical (unpaired) electrons. The molecule has 7 nitrogen and oxygen atoms in total. The minimum Gasteiger partial charge on any atom is -0.490 e. The summed E-state index contributed by atoms with van der Waals surface area (Å²) in [4.78, 5) is 24.9. The van der Waals surface area contributed by atoms with Gasteiger partial charge in [0.1, 0.15) is 11.9 Å². The van der Waals surface area contributed by atoms with E-state index in [2.05, 4.69) is 0 Å². The van der Waals surface area contributed by atoms with Crippen LogP contribution in [-0.2, 0) is 4.79 Å². The Labute approximate surface area is 147 Å². The Morgan fingerprint density at radius 1 is 1.16 bits per heavy atom. The van der Waals surface area contributed by atoms with Gasteiger partial charge in [-0.25, -0.2) is 0 Å². The summed E-state index contributed by atoms with van der Waals surface area (Å²) in [6.45, 7) is 1.30. The van der Waals surface area contributed by atoms with Gasteiger partial charge in [0.05, 0.1) is 10.5 Å². The number of nitrogens with zero attached hydrogens (tertiary/aromatic N) is 2. The maximum atomic E-state index is 12.7. The molecule has 25 heavy (non-hydrogen) atoms. The zero-order chi connectivity index (χ0) is 17.9. The standard InChI is InChI=1S/C18H25N3O4/c19-18(10-2-1-3-11-18)17(22)20-12-8-16(9-13-20)25-15-6-4-14(5-7-15)21(23)24/h4-7,16H,1-3,8-13,19H2. The number of likely N-dealkylation sites (tertiary alicyclic amines) is 1. The van der Waals surface area contributed by atoms with Crippen molar-refractivity contribution in [1.82, 2.24) is 4.90 Å². The van der Waals surface area contributed by atoms with Gasteiger partial charge < -0.3 is 15.4 Å². The molecule has 0 spiro atoms. The van der Waals surface area contributed by atoms with Crippen molar-refractivity contribution in [2.45, 2.75) is 56.6 Å². The number of nitrogens with two attached hydrogens (primary N) is 1. The summed E-state index contributed by atoms with van der Waals surface area (Å²) in [7, 11) is 0. The van der Waals surface area contributed by atoms with Crippen molar-refractivity contribution in [2.24, 2.45) is 5.73 Å². The lowest BCUT2D eigenvalue weighted by molar-refractivity contribution is -0.384. The molecule has 1 heterocycles. The molecule has 1 aliphatic carbocycles. The van der Waals surface area contributed by atoms with Crippen molar-refractivity contribution in [3.05, 3.63) is 34.4 Å². The highest BCUT2D eigenvalue weighted by atomic mass is 16.6. The molecule has 2 aliphatic rings. The van der Waals surface area contributed by atoms with Gasteiger partial charge in [0.25, 0.3) is 5.69 Å². The highest BCUT2D eigenvalue weighted by Crippen LogP contribution is 2.29. The average molecular weight is 347 g/mol. The molecule has 136 valence electrons. The van der Waals surface area contributed by atoms with Crippen LogP contribution < -0.4 is 10.5 Å². The van der Waals surface area contributed by atoms with Gasteiger partial charge in [0, 0.05) is 38.1 Å². The number of non-ortho nitro benzene ring substituents is 1. The number of benzene rings is 1. The maximum Gasteiger partial charge on any atom is 0.269 e. The third kappa shape index (κ3) is 4.10. The van der Waals surface area contributed by atoms with E-state index in [1.807, 2.05) is 4.90 Å². The number of nitro benzene ring substituents is 1. The number of nitro groups is 1. The predicted octanol–water partition coefficient (Wildman–Crippen LogP) is 2.63. The monoisotopic (exact) mass is 347 g/mol. The second kappa shape index (κ2) is 7.39. The summed E-state index contributed by atoms with van der Waals surface area (Å²) in [6.07, 6.45) is 6.31. The van der Waals surface area contributed by atoms with Crippen molar-refractivity contribution in [3.63, 3.8) is 0 Å². The summed E-state index contributed by atoms with van der Waals surface area (Å²) in [5, 5.41) is 10.7. The molecule has 0 bridgehead atoms. The SMILES string of the molecule is NC1(C(=O)N2CCC(Oc3ccc([N+](=O)[O-])cc3)CC2)CCCCC1. The second-order valence-corrected chi connectivity index (χ2v) is 7.08. The van der Waals surface area contributed by atoms with E-state index >= 15 is 0 Å². The van der Waals surface area contributed by atoms with Crippen LogP contribution in [-0.4, -0.2) is 40.5 Å². The normalized spacial score (nSPS) is 20.9. The largest absolute Gasteiger partial charge is 0.490 e. The number of hydrogen-bond donors (Lipinski definition) is 1. The predicted molar refractivity (Wildman–Crippen MR) is 93.3 cm³/mol. The molecule has 1 amide bonds. The molecule has 1 aliphatic heterocycles. The molecule has 3 rings (SSSR count). The van der Waals surface area contributed by atoms with Crippen LogP contribution in [0.4, 0.5) is 5.69 Å². The van der Waals surface area contributed by atoms with Crippen molar-refractivity contribution in [2.75, 3.05) is 13.1 Å². The van der Waals surface area contributed by atoms with Crippen molar-refractivity contribution in [3.8, 4) is 5.75 Å². The molecule has 0 unspecified atom stereocenters. The summed E-state index contributed by atoms with van der Waals surface area (Å²) in [6, 6.07) is 6.11. The number of piperidine rings is 1. The van der Waals surface area contributed by atoms with Gasteiger partial charge in [-0.3, -0.25) is 14.9 Å². The molecule has 2 N–H and O–H groups in total. The maximum absolute atomic E-state index is 12.7. The minimum atomic E-state index is -0.676. The first kappa shape index (κ1) is 17.7. The Morgan fingerprint density at radius 2 is 1.76 bits per heavy atom. The molecule has 0 aromatic heterocycles. The van der Waals surface area contributed by atoms with E-state index in [0.29, 0.717) is 18.8 Å². The molecular formula is C18H25N3O4. The smallest absolute Gasteiger partial charge is 0.269 e. The van der Waals surface area contributed by atoms with Gasteiger partial charge in [-0.05, 0) is 25.0 Å². The Balaban J connectivity index is 1.51. The summed E-state index contributed by atoms with van der Waals surface area (Å²) in [5.74, 6) is 0.707. The highest BCUT2D eigenvalue weighted by Gasteiger charge is 2.39. The van der Waals surface area contributed by atoms with E-state index in [1.165, 1.54) is 12.1 Å². The number of carbonyl (C=O) groups is 1. The van der Waals surface area contributed by atoms with Crippen LogP contribution in [0.2, 0.25) is 0 Å². The first-order valence-electron chi connectivity index (χ1n) is 8.97. The molecule has 0 atom stereocenters. The van der Waals surface area contributed by atoms with Crippen LogP contribution in [0.15, 0.2) is 24.3 Å². The lowest BCUT2D eigenvalue weighted by Crippen LogP contribution is -2.58. The van der Waals surface area contributed by atoms with Gasteiger partial charge >= 0.3 is 0 Å². The minimum absolute atomic E-state index is 0.0191. The number of carbonyl (C=O) groups excluding carboxylic acids is 1. The zero-order valence-electron chi connectivity index (χ0n) is 14.4. The second-order valence-electron chi connectivity index (χ2n) is 7.08. The zero-order valence-corrected chi connectivity index (χ0v) is 14.4. The average Bonchev–Trinajstić information content (AvgIpc) is 2.63. The lowest BCUT2D eigenvalue weighted by Gasteiger charge is -2.40. The van der Waals surface area contributed by atoms with E-state index in [9.17, 15) is 14.9 Å². The Bertz CT molecular complexity index is 618. The third-order valence-electron chi connectivity index (χ3n) is 5.25. The molecule has 1 aromatic rings. The summed E-state index contributed by atoms with van der Waals surface area (Å²) in [5.41, 5.74) is 5.73. The Morgan fingerprint density at radius 3 is 2.32 bits per heavy atom. The number of amides is 1. The molecule has 2 fully saturated rings. The van der Waals surface area contributed by atoms with E-state index < -0.39 is 10.5 Å². The van der Waals surface area contributed by atoms with Gasteiger partial charge in [-0.1, -0.05) is 19.3 Å². The Hall–Kier alpha value is -2.15. The lowest BCUT2D eigenvalue weighted by atomic mass is 9.81. The van der Waals surface area contributed by atoms with Gasteiger partial charge in [-0.15, -0.1) is 0 Å². The van der Waals surface area contributed by atoms with Crippen LogP contribution in [0.3, 0.4) is 0 Å². The highest BCUT2D eigenvalue weighted by molar-refractivity contribution is 5.86. The number of ether oxygens (including phenoxy) is 1. The number of rotatable bonds is 4. The van der Waals surface area contributed by atoms with E-state index in [0.717, 1.165) is 44.9 Å².